The van der Waals surface area contributed by atoms with Crippen molar-refractivity contribution in [2.24, 2.45) is 0 Å². The Morgan fingerprint density at radius 3 is 2.67 bits per heavy atom. The van der Waals surface area contributed by atoms with Crippen molar-refractivity contribution in [2.45, 2.75) is 38.6 Å². The predicted octanol–water partition coefficient (Wildman–Crippen LogP) is 2.46. The van der Waals surface area contributed by atoms with Crippen LogP contribution in [-0.4, -0.2) is 43.0 Å². The number of carbonyl (C=O) groups is 3. The Balaban J connectivity index is 2.00. The fourth-order valence-corrected chi connectivity index (χ4v) is 3.51. The molecule has 0 unspecified atom stereocenters. The second-order valence-corrected chi connectivity index (χ2v) is 7.17. The summed E-state index contributed by atoms with van der Waals surface area (Å²) >= 11 is 1.39. The summed E-state index contributed by atoms with van der Waals surface area (Å²) in [4.78, 5) is 36.9. The molecule has 1 aliphatic heterocycles. The lowest BCUT2D eigenvalue weighted by Crippen LogP contribution is -2.50. The van der Waals surface area contributed by atoms with Crippen LogP contribution in [0.15, 0.2) is 34.4 Å². The first-order valence-electron chi connectivity index (χ1n) is 8.65. The Hall–Kier alpha value is -2.48. The molecular weight excluding hydrogens is 368 g/mol. The summed E-state index contributed by atoms with van der Waals surface area (Å²) in [6.45, 7) is 7.35. The second kappa shape index (κ2) is 9.45. The molecule has 146 valence electrons. The zero-order valence-electron chi connectivity index (χ0n) is 15.9. The molecule has 0 aromatic heterocycles. The SMILES string of the molecule is CCOC(=O)C1=C(COC(=O)CSc2cc(C)ccc2C)NC(=O)N[C@@H]1C. The number of urea groups is 1. The molecule has 27 heavy (non-hydrogen) atoms. The van der Waals surface area contributed by atoms with Gasteiger partial charge in [-0.15, -0.1) is 11.8 Å². The molecule has 0 spiro atoms. The number of carbonyl (C=O) groups excluding carboxylic acids is 3. The predicted molar refractivity (Wildman–Crippen MR) is 102 cm³/mol. The first-order chi connectivity index (χ1) is 12.8. The molecule has 0 aliphatic carbocycles. The number of aryl methyl sites for hydroxylation is 2. The molecule has 8 heteroatoms. The molecule has 2 rings (SSSR count). The van der Waals surface area contributed by atoms with Gasteiger partial charge in [-0.1, -0.05) is 17.7 Å². The van der Waals surface area contributed by atoms with Crippen LogP contribution >= 0.6 is 11.8 Å². The van der Waals surface area contributed by atoms with E-state index in [-0.39, 0.29) is 30.2 Å². The Morgan fingerprint density at radius 1 is 1.22 bits per heavy atom. The Morgan fingerprint density at radius 2 is 1.96 bits per heavy atom. The summed E-state index contributed by atoms with van der Waals surface area (Å²) in [7, 11) is 0. The van der Waals surface area contributed by atoms with Gasteiger partial charge in [0.15, 0.2) is 0 Å². The average molecular weight is 392 g/mol. The molecular formula is C19H24N2O5S. The van der Waals surface area contributed by atoms with Gasteiger partial charge >= 0.3 is 18.0 Å². The van der Waals surface area contributed by atoms with E-state index >= 15 is 0 Å². The van der Waals surface area contributed by atoms with Crippen molar-refractivity contribution < 1.29 is 23.9 Å². The van der Waals surface area contributed by atoms with Gasteiger partial charge in [-0.2, -0.15) is 0 Å². The number of ether oxygens (including phenoxy) is 2. The van der Waals surface area contributed by atoms with Crippen LogP contribution in [0.5, 0.6) is 0 Å². The zero-order valence-corrected chi connectivity index (χ0v) is 16.7. The van der Waals surface area contributed by atoms with Gasteiger partial charge in [-0.25, -0.2) is 9.59 Å². The second-order valence-electron chi connectivity index (χ2n) is 6.15. The van der Waals surface area contributed by atoms with Gasteiger partial charge in [0, 0.05) is 4.90 Å². The number of thioether (sulfide) groups is 1. The summed E-state index contributed by atoms with van der Waals surface area (Å²) in [6, 6.07) is 5.05. The lowest BCUT2D eigenvalue weighted by atomic mass is 10.0. The number of nitrogens with one attached hydrogen (secondary N) is 2. The molecule has 1 atom stereocenters. The van der Waals surface area contributed by atoms with Gasteiger partial charge in [0.1, 0.15) is 6.61 Å². The lowest BCUT2D eigenvalue weighted by molar-refractivity contribution is -0.141. The quantitative estimate of drug-likeness (QED) is 0.547. The first kappa shape index (κ1) is 20.8. The number of amides is 2. The Labute approximate surface area is 162 Å². The van der Waals surface area contributed by atoms with Crippen LogP contribution in [-0.2, 0) is 19.1 Å². The van der Waals surface area contributed by atoms with Crippen LogP contribution in [0.1, 0.15) is 25.0 Å². The molecule has 1 aliphatic rings. The highest BCUT2D eigenvalue weighted by Crippen LogP contribution is 2.23. The van der Waals surface area contributed by atoms with Crippen molar-refractivity contribution in [3.05, 3.63) is 40.6 Å². The maximum absolute atomic E-state index is 12.1. The van der Waals surface area contributed by atoms with Crippen LogP contribution in [0.25, 0.3) is 0 Å². The van der Waals surface area contributed by atoms with Crippen molar-refractivity contribution in [3.63, 3.8) is 0 Å². The van der Waals surface area contributed by atoms with Crippen LogP contribution in [0.2, 0.25) is 0 Å². The molecule has 0 bridgehead atoms. The molecule has 0 saturated carbocycles. The van der Waals surface area contributed by atoms with Gasteiger partial charge < -0.3 is 20.1 Å². The Kier molecular flexibility index (Phi) is 7.29. The van der Waals surface area contributed by atoms with Gasteiger partial charge in [0.25, 0.3) is 0 Å². The van der Waals surface area contributed by atoms with Crippen molar-refractivity contribution in [1.29, 1.82) is 0 Å². The van der Waals surface area contributed by atoms with E-state index in [2.05, 4.69) is 10.6 Å². The van der Waals surface area contributed by atoms with Crippen molar-refractivity contribution in [1.82, 2.24) is 10.6 Å². The molecule has 1 aromatic rings. The minimum absolute atomic E-state index is 0.133. The van der Waals surface area contributed by atoms with Crippen molar-refractivity contribution in [3.8, 4) is 0 Å². The van der Waals surface area contributed by atoms with Crippen molar-refractivity contribution >= 4 is 29.7 Å². The van der Waals surface area contributed by atoms with Crippen LogP contribution in [0.3, 0.4) is 0 Å². The highest BCUT2D eigenvalue weighted by molar-refractivity contribution is 8.00. The molecule has 2 amide bonds. The van der Waals surface area contributed by atoms with Gasteiger partial charge in [0.2, 0.25) is 0 Å². The van der Waals surface area contributed by atoms with Gasteiger partial charge in [-0.3, -0.25) is 4.79 Å². The monoisotopic (exact) mass is 392 g/mol. The number of benzene rings is 1. The maximum Gasteiger partial charge on any atom is 0.338 e. The van der Waals surface area contributed by atoms with Crippen LogP contribution < -0.4 is 10.6 Å². The molecule has 0 saturated heterocycles. The van der Waals surface area contributed by atoms with E-state index in [9.17, 15) is 14.4 Å². The molecule has 0 radical (unpaired) electrons. The third-order valence-corrected chi connectivity index (χ3v) is 5.06. The van der Waals surface area contributed by atoms with E-state index in [0.717, 1.165) is 16.0 Å². The first-order valence-corrected chi connectivity index (χ1v) is 9.63. The zero-order chi connectivity index (χ0) is 20.0. The van der Waals surface area contributed by atoms with E-state index < -0.39 is 24.0 Å². The topological polar surface area (TPSA) is 93.7 Å². The number of esters is 2. The fraction of sp³-hybridized carbons (Fsp3) is 0.421. The van der Waals surface area contributed by atoms with E-state index in [1.165, 1.54) is 11.8 Å². The van der Waals surface area contributed by atoms with Crippen molar-refractivity contribution in [2.75, 3.05) is 19.0 Å². The number of hydrogen-bond donors (Lipinski definition) is 2. The molecule has 1 heterocycles. The highest BCUT2D eigenvalue weighted by atomic mass is 32.2. The third-order valence-electron chi connectivity index (χ3n) is 3.93. The van der Waals surface area contributed by atoms with Crippen LogP contribution in [0, 0.1) is 13.8 Å². The van der Waals surface area contributed by atoms with E-state index in [0.29, 0.717) is 0 Å². The fourth-order valence-electron chi connectivity index (χ4n) is 2.59. The molecule has 0 fully saturated rings. The third kappa shape index (κ3) is 5.75. The lowest BCUT2D eigenvalue weighted by Gasteiger charge is -2.26. The number of hydrogen-bond acceptors (Lipinski definition) is 6. The normalized spacial score (nSPS) is 16.4. The highest BCUT2D eigenvalue weighted by Gasteiger charge is 2.30. The van der Waals surface area contributed by atoms with Crippen LogP contribution in [0.4, 0.5) is 4.79 Å². The summed E-state index contributed by atoms with van der Waals surface area (Å²) in [5.74, 6) is -0.848. The summed E-state index contributed by atoms with van der Waals surface area (Å²) in [6.07, 6.45) is 0. The van der Waals surface area contributed by atoms with Gasteiger partial charge in [-0.05, 0) is 39.3 Å². The largest absolute Gasteiger partial charge is 0.463 e. The maximum atomic E-state index is 12.1. The summed E-state index contributed by atoms with van der Waals surface area (Å²) in [5, 5.41) is 5.12. The smallest absolute Gasteiger partial charge is 0.338 e. The Bertz CT molecular complexity index is 775. The van der Waals surface area contributed by atoms with E-state index in [1.807, 2.05) is 32.0 Å². The minimum atomic E-state index is -0.548. The van der Waals surface area contributed by atoms with Gasteiger partial charge in [0.05, 0.1) is 29.7 Å². The molecule has 7 nitrogen and oxygen atoms in total. The van der Waals surface area contributed by atoms with E-state index in [4.69, 9.17) is 9.47 Å². The molecule has 2 N–H and O–H groups in total. The number of rotatable bonds is 7. The summed E-state index contributed by atoms with van der Waals surface area (Å²) in [5.41, 5.74) is 2.71. The summed E-state index contributed by atoms with van der Waals surface area (Å²) < 4.78 is 10.3. The standard InChI is InChI=1S/C19H24N2O5S/c1-5-25-18(23)17-13(4)20-19(24)21-14(17)9-26-16(22)10-27-15-8-11(2)6-7-12(15)3/h6-8,13H,5,9-10H2,1-4H3,(H2,20,21,24)/t13-/m1/s1. The average Bonchev–Trinajstić information content (AvgIpc) is 2.60. The van der Waals surface area contributed by atoms with E-state index in [1.54, 1.807) is 13.8 Å². The molecule has 1 aromatic carbocycles. The minimum Gasteiger partial charge on any atom is -0.463 e.